The molecule has 0 atom stereocenters. The molecule has 152 valence electrons. The Balaban J connectivity index is 1.37. The van der Waals surface area contributed by atoms with Gasteiger partial charge in [0.25, 0.3) is 0 Å². The van der Waals surface area contributed by atoms with Crippen LogP contribution in [0.1, 0.15) is 71.4 Å². The van der Waals surface area contributed by atoms with Crippen molar-refractivity contribution in [3.05, 3.63) is 36.0 Å². The average molecular weight is 381 g/mol. The second kappa shape index (κ2) is 8.41. The van der Waals surface area contributed by atoms with E-state index < -0.39 is 0 Å². The smallest absolute Gasteiger partial charge is 0.120 e. The van der Waals surface area contributed by atoms with Crippen LogP contribution in [0.4, 0.5) is 0 Å². The van der Waals surface area contributed by atoms with Crippen LogP contribution in [0.2, 0.25) is 0 Å². The maximum Gasteiger partial charge on any atom is 0.120 e. The Hall–Kier alpha value is -1.61. The van der Waals surface area contributed by atoms with Gasteiger partial charge in [0.15, 0.2) is 0 Å². The molecule has 2 heterocycles. The summed E-state index contributed by atoms with van der Waals surface area (Å²) in [5.41, 5.74) is 2.69. The van der Waals surface area contributed by atoms with Crippen molar-refractivity contribution in [2.75, 3.05) is 13.1 Å². The topological polar surface area (TPSA) is 25.4 Å². The van der Waals surface area contributed by atoms with Gasteiger partial charge in [-0.1, -0.05) is 33.3 Å². The van der Waals surface area contributed by atoms with Crippen LogP contribution in [0, 0.1) is 11.3 Å². The van der Waals surface area contributed by atoms with E-state index >= 15 is 0 Å². The summed E-state index contributed by atoms with van der Waals surface area (Å²) in [6.45, 7) is 10.5. The molecular weight excluding hydrogens is 344 g/mol. The van der Waals surface area contributed by atoms with Crippen LogP contribution in [-0.2, 0) is 6.54 Å². The number of benzene rings is 1. The lowest BCUT2D eigenvalue weighted by Crippen LogP contribution is -2.30. The van der Waals surface area contributed by atoms with Crippen molar-refractivity contribution in [3.63, 3.8) is 0 Å². The fourth-order valence-electron chi connectivity index (χ4n) is 4.89. The first-order valence-corrected chi connectivity index (χ1v) is 11.3. The zero-order chi connectivity index (χ0) is 19.6. The first-order chi connectivity index (χ1) is 13.5. The molecule has 3 nitrogen and oxygen atoms in total. The van der Waals surface area contributed by atoms with Gasteiger partial charge in [-0.05, 0) is 87.2 Å². The lowest BCUT2D eigenvalue weighted by atomic mass is 9.72. The SMILES string of the molecule is CC(C)(C)[C@H]1CC[C@H](Oc2ccc3nc(CN4CCCCC4)ccc3c2)CC1. The highest BCUT2D eigenvalue weighted by Gasteiger charge is 2.30. The Bertz CT molecular complexity index is 781. The lowest BCUT2D eigenvalue weighted by molar-refractivity contribution is 0.0883. The van der Waals surface area contributed by atoms with Crippen LogP contribution in [0.5, 0.6) is 5.75 Å². The van der Waals surface area contributed by atoms with E-state index in [2.05, 4.69) is 56.0 Å². The molecule has 1 aromatic heterocycles. The van der Waals surface area contributed by atoms with E-state index in [4.69, 9.17) is 9.72 Å². The summed E-state index contributed by atoms with van der Waals surface area (Å²) in [6, 6.07) is 10.8. The predicted octanol–water partition coefficient (Wildman–Crippen LogP) is 6.20. The molecule has 0 N–H and O–H groups in total. The monoisotopic (exact) mass is 380 g/mol. The molecule has 0 unspecified atom stereocenters. The number of likely N-dealkylation sites (tertiary alicyclic amines) is 1. The molecule has 3 heteroatoms. The summed E-state index contributed by atoms with van der Waals surface area (Å²) < 4.78 is 6.34. The third-order valence-corrected chi connectivity index (χ3v) is 6.75. The number of nitrogens with zero attached hydrogens (tertiary/aromatic N) is 2. The quantitative estimate of drug-likeness (QED) is 0.631. The number of hydrogen-bond donors (Lipinski definition) is 0. The summed E-state index contributed by atoms with van der Waals surface area (Å²) in [4.78, 5) is 7.43. The van der Waals surface area contributed by atoms with E-state index in [1.165, 1.54) is 69.1 Å². The second-order valence-electron chi connectivity index (χ2n) is 9.95. The largest absolute Gasteiger partial charge is 0.490 e. The van der Waals surface area contributed by atoms with Crippen molar-refractivity contribution in [2.24, 2.45) is 11.3 Å². The van der Waals surface area contributed by atoms with Gasteiger partial charge in [0.05, 0.1) is 17.3 Å². The molecule has 2 fully saturated rings. The van der Waals surface area contributed by atoms with Crippen LogP contribution >= 0.6 is 0 Å². The molecule has 4 rings (SSSR count). The van der Waals surface area contributed by atoms with Gasteiger partial charge in [0.2, 0.25) is 0 Å². The Kier molecular flexibility index (Phi) is 5.91. The zero-order valence-electron chi connectivity index (χ0n) is 17.9. The Morgan fingerprint density at radius 3 is 2.43 bits per heavy atom. The van der Waals surface area contributed by atoms with Crippen molar-refractivity contribution in [3.8, 4) is 5.75 Å². The van der Waals surface area contributed by atoms with Crippen molar-refractivity contribution in [2.45, 2.75) is 78.4 Å². The first kappa shape index (κ1) is 19.7. The van der Waals surface area contributed by atoms with E-state index in [9.17, 15) is 0 Å². The van der Waals surface area contributed by atoms with E-state index in [1.54, 1.807) is 0 Å². The van der Waals surface area contributed by atoms with E-state index in [-0.39, 0.29) is 0 Å². The normalized spacial score (nSPS) is 24.4. The standard InChI is InChI=1S/C25H36N2O/c1-25(2,3)20-8-11-22(12-9-20)28-23-13-14-24-19(17-23)7-10-21(26-24)18-27-15-5-4-6-16-27/h7,10,13-14,17,20,22H,4-6,8-9,11-12,15-16,18H2,1-3H3/t20-,22-. The molecular formula is C25H36N2O. The molecule has 0 radical (unpaired) electrons. The molecule has 2 aliphatic rings. The second-order valence-corrected chi connectivity index (χ2v) is 9.95. The van der Waals surface area contributed by atoms with E-state index in [1.807, 2.05) is 0 Å². The third-order valence-electron chi connectivity index (χ3n) is 6.75. The third kappa shape index (κ3) is 4.86. The van der Waals surface area contributed by atoms with Gasteiger partial charge < -0.3 is 4.74 Å². The first-order valence-electron chi connectivity index (χ1n) is 11.3. The van der Waals surface area contributed by atoms with Crippen molar-refractivity contribution in [1.29, 1.82) is 0 Å². The number of hydrogen-bond acceptors (Lipinski definition) is 3. The summed E-state index contributed by atoms with van der Waals surface area (Å²) in [7, 11) is 0. The Labute approximate surface area is 170 Å². The number of piperidine rings is 1. The van der Waals surface area contributed by atoms with Crippen LogP contribution in [0.15, 0.2) is 30.3 Å². The highest BCUT2D eigenvalue weighted by molar-refractivity contribution is 5.80. The van der Waals surface area contributed by atoms with E-state index in [0.29, 0.717) is 11.5 Å². The zero-order valence-corrected chi connectivity index (χ0v) is 17.9. The lowest BCUT2D eigenvalue weighted by Gasteiger charge is -2.36. The van der Waals surface area contributed by atoms with Gasteiger partial charge in [0.1, 0.15) is 5.75 Å². The highest BCUT2D eigenvalue weighted by atomic mass is 16.5. The average Bonchev–Trinajstić information content (AvgIpc) is 2.69. The van der Waals surface area contributed by atoms with Crippen LogP contribution in [0.25, 0.3) is 10.9 Å². The van der Waals surface area contributed by atoms with Gasteiger partial charge in [0, 0.05) is 11.9 Å². The van der Waals surface area contributed by atoms with Gasteiger partial charge in [-0.15, -0.1) is 0 Å². The van der Waals surface area contributed by atoms with Crippen molar-refractivity contribution < 1.29 is 4.74 Å². The van der Waals surface area contributed by atoms with E-state index in [0.717, 1.165) is 23.7 Å². The predicted molar refractivity (Wildman–Crippen MR) is 117 cm³/mol. The molecule has 1 saturated carbocycles. The fourth-order valence-corrected chi connectivity index (χ4v) is 4.89. The maximum absolute atomic E-state index is 6.34. The summed E-state index contributed by atoms with van der Waals surface area (Å²) in [5, 5.41) is 1.18. The number of rotatable bonds is 4. The highest BCUT2D eigenvalue weighted by Crippen LogP contribution is 2.38. The molecule has 0 bridgehead atoms. The fraction of sp³-hybridized carbons (Fsp3) is 0.640. The molecule has 0 spiro atoms. The summed E-state index contributed by atoms with van der Waals surface area (Å²) in [6.07, 6.45) is 9.30. The van der Waals surface area contributed by atoms with Gasteiger partial charge in [-0.2, -0.15) is 0 Å². The molecule has 1 aromatic carbocycles. The van der Waals surface area contributed by atoms with Gasteiger partial charge in [-0.25, -0.2) is 0 Å². The Morgan fingerprint density at radius 1 is 0.964 bits per heavy atom. The van der Waals surface area contributed by atoms with Crippen LogP contribution in [-0.4, -0.2) is 29.1 Å². The van der Waals surface area contributed by atoms with Gasteiger partial charge >= 0.3 is 0 Å². The van der Waals surface area contributed by atoms with Crippen LogP contribution in [0.3, 0.4) is 0 Å². The maximum atomic E-state index is 6.34. The summed E-state index contributed by atoms with van der Waals surface area (Å²) >= 11 is 0. The molecule has 1 aliphatic heterocycles. The van der Waals surface area contributed by atoms with Crippen molar-refractivity contribution in [1.82, 2.24) is 9.88 Å². The number of fused-ring (bicyclic) bond motifs is 1. The molecule has 1 saturated heterocycles. The number of aromatic nitrogens is 1. The minimum Gasteiger partial charge on any atom is -0.490 e. The van der Waals surface area contributed by atoms with Crippen molar-refractivity contribution >= 4 is 10.9 Å². The summed E-state index contributed by atoms with van der Waals surface area (Å²) in [5.74, 6) is 1.82. The van der Waals surface area contributed by atoms with Gasteiger partial charge in [-0.3, -0.25) is 9.88 Å². The molecule has 2 aromatic rings. The number of pyridine rings is 1. The van der Waals surface area contributed by atoms with Crippen LogP contribution < -0.4 is 4.74 Å². The molecule has 1 aliphatic carbocycles. The molecule has 28 heavy (non-hydrogen) atoms. The molecule has 0 amide bonds. The Morgan fingerprint density at radius 2 is 1.71 bits per heavy atom. The minimum absolute atomic E-state index is 0.363. The number of ether oxygens (including phenoxy) is 1. The minimum atomic E-state index is 0.363.